The molecule has 1 heterocycles. The molecule has 5 nitrogen and oxygen atoms in total. The molecule has 2 rings (SSSR count). The van der Waals surface area contributed by atoms with Gasteiger partial charge in [0.15, 0.2) is 6.23 Å². The zero-order valence-corrected chi connectivity index (χ0v) is 11.0. The minimum atomic E-state index is -1.000. The van der Waals surface area contributed by atoms with Crippen LogP contribution in [-0.4, -0.2) is 23.2 Å². The monoisotopic (exact) mass is 263 g/mol. The number of carboxylic acids is 1. The topological polar surface area (TPSA) is 75.6 Å². The van der Waals surface area contributed by atoms with Crippen LogP contribution in [0.2, 0.25) is 0 Å². The van der Waals surface area contributed by atoms with E-state index in [1.807, 2.05) is 13.8 Å². The lowest BCUT2D eigenvalue weighted by Gasteiger charge is -2.47. The molecule has 0 aromatic heterocycles. The molecule has 0 unspecified atom stereocenters. The number of nitrogens with one attached hydrogen (secondary N) is 1. The van der Waals surface area contributed by atoms with Gasteiger partial charge in [-0.15, -0.1) is 0 Å². The quantitative estimate of drug-likeness (QED) is 0.797. The van der Waals surface area contributed by atoms with Crippen LogP contribution in [0.5, 0.6) is 5.75 Å². The van der Waals surface area contributed by atoms with Crippen LogP contribution in [0.25, 0.3) is 0 Å². The minimum absolute atomic E-state index is 0.00288. The SMILES string of the molecule is CCC1(CC)C(=O)N[C@H]1Oc1cccc(C(=O)O)c1. The summed E-state index contributed by atoms with van der Waals surface area (Å²) in [6, 6.07) is 6.27. The number of carboxylic acid groups (broad SMARTS) is 1. The molecule has 5 heteroatoms. The van der Waals surface area contributed by atoms with E-state index in [1.165, 1.54) is 12.1 Å². The number of amides is 1. The summed E-state index contributed by atoms with van der Waals surface area (Å²) < 4.78 is 5.71. The van der Waals surface area contributed by atoms with Crippen LogP contribution in [0, 0.1) is 5.41 Å². The second-order valence-electron chi connectivity index (χ2n) is 4.67. The molecular formula is C14H17NO4. The highest BCUT2D eigenvalue weighted by Crippen LogP contribution is 2.39. The molecule has 0 saturated carbocycles. The Morgan fingerprint density at radius 3 is 2.63 bits per heavy atom. The zero-order chi connectivity index (χ0) is 14.0. The molecule has 1 aromatic carbocycles. The van der Waals surface area contributed by atoms with Gasteiger partial charge in [0.05, 0.1) is 5.56 Å². The van der Waals surface area contributed by atoms with Crippen LogP contribution in [0.1, 0.15) is 37.0 Å². The summed E-state index contributed by atoms with van der Waals surface area (Å²) in [5, 5.41) is 11.7. The Morgan fingerprint density at radius 2 is 2.11 bits per heavy atom. The number of hydrogen-bond donors (Lipinski definition) is 2. The van der Waals surface area contributed by atoms with E-state index in [0.717, 1.165) is 0 Å². The highest BCUT2D eigenvalue weighted by Gasteiger charge is 2.54. The molecule has 2 N–H and O–H groups in total. The fourth-order valence-electron chi connectivity index (χ4n) is 2.36. The van der Waals surface area contributed by atoms with E-state index in [2.05, 4.69) is 5.32 Å². The van der Waals surface area contributed by atoms with Crippen molar-refractivity contribution in [2.45, 2.75) is 32.9 Å². The normalized spacial score (nSPS) is 20.3. The van der Waals surface area contributed by atoms with Crippen molar-refractivity contribution < 1.29 is 19.4 Å². The lowest BCUT2D eigenvalue weighted by molar-refractivity contribution is -0.161. The molecule has 1 aromatic rings. The third kappa shape index (κ3) is 2.16. The van der Waals surface area contributed by atoms with Crippen molar-refractivity contribution >= 4 is 11.9 Å². The van der Waals surface area contributed by atoms with Crippen molar-refractivity contribution in [3.8, 4) is 5.75 Å². The summed E-state index contributed by atoms with van der Waals surface area (Å²) in [4.78, 5) is 22.6. The molecule has 1 saturated heterocycles. The van der Waals surface area contributed by atoms with Gasteiger partial charge < -0.3 is 15.2 Å². The first kappa shape index (κ1) is 13.4. The second-order valence-corrected chi connectivity index (χ2v) is 4.67. The summed E-state index contributed by atoms with van der Waals surface area (Å²) in [5.74, 6) is -0.548. The van der Waals surface area contributed by atoms with E-state index in [0.29, 0.717) is 18.6 Å². The molecular weight excluding hydrogens is 246 g/mol. The van der Waals surface area contributed by atoms with E-state index in [-0.39, 0.29) is 17.7 Å². The van der Waals surface area contributed by atoms with Crippen molar-refractivity contribution in [3.05, 3.63) is 29.8 Å². The molecule has 1 fully saturated rings. The molecule has 0 spiro atoms. The number of hydrogen-bond acceptors (Lipinski definition) is 3. The maximum atomic E-state index is 11.7. The molecule has 1 aliphatic rings. The first-order valence-electron chi connectivity index (χ1n) is 6.34. The molecule has 0 aliphatic carbocycles. The summed E-state index contributed by atoms with van der Waals surface area (Å²) in [6.45, 7) is 3.90. The maximum Gasteiger partial charge on any atom is 0.335 e. The number of β-lactam (4-membered cyclic amide) rings is 1. The molecule has 1 amide bonds. The Kier molecular flexibility index (Phi) is 3.46. The number of benzene rings is 1. The Hall–Kier alpha value is -2.04. The molecule has 19 heavy (non-hydrogen) atoms. The molecule has 0 radical (unpaired) electrons. The average Bonchev–Trinajstić information content (AvgIpc) is 2.40. The van der Waals surface area contributed by atoms with Gasteiger partial charge in [-0.2, -0.15) is 0 Å². The summed E-state index contributed by atoms with van der Waals surface area (Å²) in [7, 11) is 0. The van der Waals surface area contributed by atoms with Gasteiger partial charge in [-0.25, -0.2) is 4.79 Å². The fraction of sp³-hybridized carbons (Fsp3) is 0.429. The fourth-order valence-corrected chi connectivity index (χ4v) is 2.36. The molecule has 102 valence electrons. The minimum Gasteiger partial charge on any atom is -0.478 e. The standard InChI is InChI=1S/C14H17NO4/c1-3-14(4-2)12(18)15-13(14)19-10-7-5-6-9(8-10)11(16)17/h5-8,13H,3-4H2,1-2H3,(H,15,18)(H,16,17)/t13-/m0/s1. The molecule has 1 aliphatic heterocycles. The van der Waals surface area contributed by atoms with E-state index in [1.54, 1.807) is 12.1 Å². The van der Waals surface area contributed by atoms with E-state index in [4.69, 9.17) is 9.84 Å². The van der Waals surface area contributed by atoms with Crippen molar-refractivity contribution in [2.75, 3.05) is 0 Å². The first-order chi connectivity index (χ1) is 9.03. The van der Waals surface area contributed by atoms with Gasteiger partial charge in [0.25, 0.3) is 0 Å². The number of carbonyl (C=O) groups excluding carboxylic acids is 1. The molecule has 1 atom stereocenters. The zero-order valence-electron chi connectivity index (χ0n) is 11.0. The van der Waals surface area contributed by atoms with Crippen molar-refractivity contribution in [3.63, 3.8) is 0 Å². The number of carbonyl (C=O) groups is 2. The third-order valence-corrected chi connectivity index (χ3v) is 3.81. The van der Waals surface area contributed by atoms with Crippen LogP contribution < -0.4 is 10.1 Å². The predicted molar refractivity (Wildman–Crippen MR) is 69.0 cm³/mol. The lowest BCUT2D eigenvalue weighted by Crippen LogP contribution is -2.69. The van der Waals surface area contributed by atoms with Crippen LogP contribution in [0.4, 0.5) is 0 Å². The summed E-state index contributed by atoms with van der Waals surface area (Å²) in [5.41, 5.74) is -0.332. The van der Waals surface area contributed by atoms with Crippen LogP contribution >= 0.6 is 0 Å². The van der Waals surface area contributed by atoms with Crippen molar-refractivity contribution in [2.24, 2.45) is 5.41 Å². The van der Waals surface area contributed by atoms with Gasteiger partial charge in [-0.05, 0) is 31.0 Å². The van der Waals surface area contributed by atoms with Gasteiger partial charge in [0.2, 0.25) is 5.91 Å². The van der Waals surface area contributed by atoms with Gasteiger partial charge in [-0.1, -0.05) is 19.9 Å². The Morgan fingerprint density at radius 1 is 1.42 bits per heavy atom. The highest BCUT2D eigenvalue weighted by molar-refractivity contribution is 5.90. The third-order valence-electron chi connectivity index (χ3n) is 3.81. The summed E-state index contributed by atoms with van der Waals surface area (Å²) in [6.07, 6.45) is 0.996. The van der Waals surface area contributed by atoms with Gasteiger partial charge in [-0.3, -0.25) is 4.79 Å². The smallest absolute Gasteiger partial charge is 0.335 e. The Labute approximate surface area is 111 Å². The van der Waals surface area contributed by atoms with E-state index in [9.17, 15) is 9.59 Å². The number of ether oxygens (including phenoxy) is 1. The number of rotatable bonds is 5. The van der Waals surface area contributed by atoms with Gasteiger partial charge >= 0.3 is 5.97 Å². The van der Waals surface area contributed by atoms with Crippen LogP contribution in [0.3, 0.4) is 0 Å². The van der Waals surface area contributed by atoms with E-state index < -0.39 is 11.4 Å². The second kappa shape index (κ2) is 4.91. The molecule has 0 bridgehead atoms. The van der Waals surface area contributed by atoms with Crippen LogP contribution in [0.15, 0.2) is 24.3 Å². The van der Waals surface area contributed by atoms with Crippen molar-refractivity contribution in [1.82, 2.24) is 5.32 Å². The predicted octanol–water partition coefficient (Wildman–Crippen LogP) is 2.03. The highest BCUT2D eigenvalue weighted by atomic mass is 16.5. The largest absolute Gasteiger partial charge is 0.478 e. The first-order valence-corrected chi connectivity index (χ1v) is 6.34. The van der Waals surface area contributed by atoms with Gasteiger partial charge in [0.1, 0.15) is 11.2 Å². The average molecular weight is 263 g/mol. The van der Waals surface area contributed by atoms with Gasteiger partial charge in [0, 0.05) is 0 Å². The Balaban J connectivity index is 2.16. The number of aromatic carboxylic acids is 1. The van der Waals surface area contributed by atoms with E-state index >= 15 is 0 Å². The summed E-state index contributed by atoms with van der Waals surface area (Å²) >= 11 is 0. The Bertz CT molecular complexity index is 508. The maximum absolute atomic E-state index is 11.7. The van der Waals surface area contributed by atoms with Crippen molar-refractivity contribution in [1.29, 1.82) is 0 Å². The lowest BCUT2D eigenvalue weighted by atomic mass is 9.73. The van der Waals surface area contributed by atoms with Crippen LogP contribution in [-0.2, 0) is 4.79 Å².